The summed E-state index contributed by atoms with van der Waals surface area (Å²) in [5.74, 6) is -0.165. The molecule has 3 rings (SSSR count). The van der Waals surface area contributed by atoms with Gasteiger partial charge in [-0.2, -0.15) is 0 Å². The molecule has 20 heavy (non-hydrogen) atoms. The molecule has 0 fully saturated rings. The van der Waals surface area contributed by atoms with Crippen LogP contribution in [-0.4, -0.2) is 13.1 Å². The van der Waals surface area contributed by atoms with Gasteiger partial charge < -0.3 is 4.74 Å². The van der Waals surface area contributed by atoms with E-state index in [9.17, 15) is 4.79 Å². The van der Waals surface area contributed by atoms with E-state index in [-0.39, 0.29) is 5.97 Å². The molecule has 0 N–H and O–H groups in total. The number of hydrogen-bond acceptors (Lipinski definition) is 2. The molecule has 100 valence electrons. The van der Waals surface area contributed by atoms with E-state index in [0.29, 0.717) is 12.8 Å². The lowest BCUT2D eigenvalue weighted by atomic mass is 9.95. The Morgan fingerprint density at radius 1 is 0.950 bits per heavy atom. The second-order valence-electron chi connectivity index (χ2n) is 4.88. The summed E-state index contributed by atoms with van der Waals surface area (Å²) >= 11 is 0. The van der Waals surface area contributed by atoms with Gasteiger partial charge >= 0.3 is 5.97 Å². The van der Waals surface area contributed by atoms with E-state index in [4.69, 9.17) is 4.74 Å². The van der Waals surface area contributed by atoms with Gasteiger partial charge in [0.15, 0.2) is 0 Å². The SMILES string of the molecule is COC(=O)CCc1cc2ccccc2c2ccccc12. The van der Waals surface area contributed by atoms with E-state index in [0.717, 1.165) is 0 Å². The lowest BCUT2D eigenvalue weighted by molar-refractivity contribution is -0.140. The summed E-state index contributed by atoms with van der Waals surface area (Å²) in [5, 5.41) is 4.93. The quantitative estimate of drug-likeness (QED) is 0.526. The van der Waals surface area contributed by atoms with Gasteiger partial charge in [-0.05, 0) is 33.5 Å². The minimum absolute atomic E-state index is 0.165. The highest BCUT2D eigenvalue weighted by molar-refractivity contribution is 6.09. The lowest BCUT2D eigenvalue weighted by Crippen LogP contribution is -2.02. The van der Waals surface area contributed by atoms with Crippen molar-refractivity contribution in [2.45, 2.75) is 12.8 Å². The maximum atomic E-state index is 11.4. The average molecular weight is 264 g/mol. The lowest BCUT2D eigenvalue weighted by Gasteiger charge is -2.10. The molecule has 2 heteroatoms. The van der Waals surface area contributed by atoms with Crippen molar-refractivity contribution >= 4 is 27.5 Å². The van der Waals surface area contributed by atoms with Gasteiger partial charge in [-0.1, -0.05) is 54.6 Å². The zero-order chi connectivity index (χ0) is 13.9. The zero-order valence-corrected chi connectivity index (χ0v) is 11.4. The molecule has 0 aliphatic heterocycles. The number of rotatable bonds is 3. The van der Waals surface area contributed by atoms with Crippen molar-refractivity contribution in [1.82, 2.24) is 0 Å². The Labute approximate surface area is 118 Å². The van der Waals surface area contributed by atoms with Crippen LogP contribution >= 0.6 is 0 Å². The standard InChI is InChI=1S/C18H16O2/c1-20-18(19)11-10-14-12-13-6-2-3-7-15(13)17-9-5-4-8-16(14)17/h2-9,12H,10-11H2,1H3. The number of ether oxygens (including phenoxy) is 1. The van der Waals surface area contributed by atoms with Crippen molar-refractivity contribution in [3.05, 3.63) is 60.2 Å². The molecule has 0 radical (unpaired) electrons. The van der Waals surface area contributed by atoms with E-state index in [1.807, 2.05) is 12.1 Å². The van der Waals surface area contributed by atoms with Crippen molar-refractivity contribution < 1.29 is 9.53 Å². The summed E-state index contributed by atoms with van der Waals surface area (Å²) in [7, 11) is 1.43. The van der Waals surface area contributed by atoms with Crippen molar-refractivity contribution in [3.63, 3.8) is 0 Å². The van der Waals surface area contributed by atoms with Crippen LogP contribution in [0.3, 0.4) is 0 Å². The molecule has 0 aromatic heterocycles. The van der Waals surface area contributed by atoms with Gasteiger partial charge in [0.25, 0.3) is 0 Å². The fourth-order valence-electron chi connectivity index (χ4n) is 2.68. The largest absolute Gasteiger partial charge is 0.469 e. The minimum Gasteiger partial charge on any atom is -0.469 e. The summed E-state index contributed by atoms with van der Waals surface area (Å²) in [6.07, 6.45) is 1.12. The van der Waals surface area contributed by atoms with Crippen molar-refractivity contribution in [2.24, 2.45) is 0 Å². The van der Waals surface area contributed by atoms with E-state index in [1.165, 1.54) is 34.2 Å². The van der Waals surface area contributed by atoms with Gasteiger partial charge in [-0.25, -0.2) is 0 Å². The van der Waals surface area contributed by atoms with Crippen LogP contribution in [0, 0.1) is 0 Å². The summed E-state index contributed by atoms with van der Waals surface area (Å²) in [6, 6.07) is 18.9. The smallest absolute Gasteiger partial charge is 0.305 e. The van der Waals surface area contributed by atoms with E-state index in [2.05, 4.69) is 42.5 Å². The molecule has 0 saturated carbocycles. The van der Waals surface area contributed by atoms with E-state index >= 15 is 0 Å². The van der Waals surface area contributed by atoms with Crippen LogP contribution < -0.4 is 0 Å². The van der Waals surface area contributed by atoms with Crippen LogP contribution in [0.25, 0.3) is 21.5 Å². The molecule has 0 spiro atoms. The molecule has 0 aliphatic carbocycles. The van der Waals surface area contributed by atoms with Gasteiger partial charge in [0.1, 0.15) is 0 Å². The Hall–Kier alpha value is -2.35. The van der Waals surface area contributed by atoms with Crippen molar-refractivity contribution in [3.8, 4) is 0 Å². The van der Waals surface area contributed by atoms with Crippen LogP contribution in [0.5, 0.6) is 0 Å². The highest BCUT2D eigenvalue weighted by Crippen LogP contribution is 2.29. The molecule has 0 atom stereocenters. The van der Waals surface area contributed by atoms with Crippen molar-refractivity contribution in [2.75, 3.05) is 7.11 Å². The Kier molecular flexibility index (Phi) is 3.38. The molecule has 0 saturated heterocycles. The number of methoxy groups -OCH3 is 1. The van der Waals surface area contributed by atoms with E-state index < -0.39 is 0 Å². The number of hydrogen-bond donors (Lipinski definition) is 0. The molecule has 0 amide bonds. The minimum atomic E-state index is -0.165. The Morgan fingerprint density at radius 2 is 1.60 bits per heavy atom. The number of carbonyl (C=O) groups is 1. The third-order valence-corrected chi connectivity index (χ3v) is 3.68. The first-order chi connectivity index (χ1) is 9.79. The van der Waals surface area contributed by atoms with Gasteiger partial charge in [-0.3, -0.25) is 4.79 Å². The summed E-state index contributed by atoms with van der Waals surface area (Å²) < 4.78 is 4.73. The summed E-state index contributed by atoms with van der Waals surface area (Å²) in [4.78, 5) is 11.4. The number of fused-ring (bicyclic) bond motifs is 3. The molecule has 0 unspecified atom stereocenters. The van der Waals surface area contributed by atoms with Gasteiger partial charge in [0.05, 0.1) is 7.11 Å². The molecular formula is C18H16O2. The second kappa shape index (κ2) is 5.33. The molecule has 0 heterocycles. The van der Waals surface area contributed by atoms with Crippen LogP contribution in [0.1, 0.15) is 12.0 Å². The van der Waals surface area contributed by atoms with Gasteiger partial charge in [0.2, 0.25) is 0 Å². The third-order valence-electron chi connectivity index (χ3n) is 3.68. The molecule has 3 aromatic carbocycles. The molecule has 3 aromatic rings. The van der Waals surface area contributed by atoms with Gasteiger partial charge in [-0.15, -0.1) is 0 Å². The molecule has 0 bridgehead atoms. The molecule has 0 aliphatic rings. The summed E-state index contributed by atoms with van der Waals surface area (Å²) in [5.41, 5.74) is 1.20. The maximum absolute atomic E-state index is 11.4. The van der Waals surface area contributed by atoms with Crippen LogP contribution in [0.15, 0.2) is 54.6 Å². The van der Waals surface area contributed by atoms with Crippen molar-refractivity contribution in [1.29, 1.82) is 0 Å². The molecular weight excluding hydrogens is 248 g/mol. The predicted octanol–water partition coefficient (Wildman–Crippen LogP) is 4.10. The van der Waals surface area contributed by atoms with Crippen LogP contribution in [0.2, 0.25) is 0 Å². The fourth-order valence-corrected chi connectivity index (χ4v) is 2.68. The number of esters is 1. The first-order valence-electron chi connectivity index (χ1n) is 6.76. The summed E-state index contributed by atoms with van der Waals surface area (Å²) in [6.45, 7) is 0. The Bertz CT molecular complexity index is 775. The highest BCUT2D eigenvalue weighted by Gasteiger charge is 2.08. The predicted molar refractivity (Wildman–Crippen MR) is 81.8 cm³/mol. The average Bonchev–Trinajstić information content (AvgIpc) is 2.52. The number of carbonyl (C=O) groups excluding carboxylic acids is 1. The fraction of sp³-hybridized carbons (Fsp3) is 0.167. The number of aryl methyl sites for hydroxylation is 1. The normalized spacial score (nSPS) is 10.8. The maximum Gasteiger partial charge on any atom is 0.305 e. The molecule has 2 nitrogen and oxygen atoms in total. The topological polar surface area (TPSA) is 26.3 Å². The Balaban J connectivity index is 2.16. The first kappa shape index (κ1) is 12.7. The van der Waals surface area contributed by atoms with Gasteiger partial charge in [0, 0.05) is 6.42 Å². The van der Waals surface area contributed by atoms with E-state index in [1.54, 1.807) is 0 Å². The zero-order valence-electron chi connectivity index (χ0n) is 11.4. The van der Waals surface area contributed by atoms with Crippen LogP contribution in [0.4, 0.5) is 0 Å². The Morgan fingerprint density at radius 3 is 2.35 bits per heavy atom. The third kappa shape index (κ3) is 2.25. The first-order valence-corrected chi connectivity index (χ1v) is 6.76. The van der Waals surface area contributed by atoms with Crippen LogP contribution in [-0.2, 0) is 16.0 Å². The monoisotopic (exact) mass is 264 g/mol. The highest BCUT2D eigenvalue weighted by atomic mass is 16.5. The number of benzene rings is 3. The second-order valence-corrected chi connectivity index (χ2v) is 4.88.